The van der Waals surface area contributed by atoms with Crippen molar-refractivity contribution >= 4 is 11.6 Å². The minimum Gasteiger partial charge on any atom is -0.378 e. The number of nitrogens with one attached hydrogen (secondary N) is 1. The molecule has 1 aromatic rings. The summed E-state index contributed by atoms with van der Waals surface area (Å²) in [5, 5.41) is 3.20. The summed E-state index contributed by atoms with van der Waals surface area (Å²) in [7, 11) is 4.09. The monoisotopic (exact) mass is 260 g/mol. The zero-order chi connectivity index (χ0) is 14.0. The Morgan fingerprint density at radius 2 is 1.89 bits per heavy atom. The molecule has 3 nitrogen and oxygen atoms in total. The molecule has 0 bridgehead atoms. The fraction of sp³-hybridized carbons (Fsp3) is 0.562. The highest BCUT2D eigenvalue weighted by Crippen LogP contribution is 2.32. The summed E-state index contributed by atoms with van der Waals surface area (Å²) in [6.45, 7) is 4.39. The normalized spacial score (nSPS) is 22.7. The van der Waals surface area contributed by atoms with Gasteiger partial charge in [0.15, 0.2) is 0 Å². The van der Waals surface area contributed by atoms with E-state index >= 15 is 0 Å². The summed E-state index contributed by atoms with van der Waals surface area (Å²) in [5.74, 6) is 0.645. The molecule has 1 N–H and O–H groups in total. The number of rotatable bonds is 4. The van der Waals surface area contributed by atoms with Gasteiger partial charge in [0.1, 0.15) is 0 Å². The van der Waals surface area contributed by atoms with E-state index in [2.05, 4.69) is 48.3 Å². The van der Waals surface area contributed by atoms with Gasteiger partial charge in [0.2, 0.25) is 5.91 Å². The minimum atomic E-state index is -0.0588. The highest BCUT2D eigenvalue weighted by atomic mass is 16.2. The molecule has 0 aliphatic carbocycles. The lowest BCUT2D eigenvalue weighted by Crippen LogP contribution is -2.48. The Morgan fingerprint density at radius 1 is 1.26 bits per heavy atom. The number of carbonyl (C=O) groups is 1. The van der Waals surface area contributed by atoms with Gasteiger partial charge in [-0.3, -0.25) is 4.79 Å². The third kappa shape index (κ3) is 2.91. The van der Waals surface area contributed by atoms with Crippen LogP contribution in [-0.2, 0) is 11.2 Å². The molecule has 1 aliphatic rings. The molecule has 0 aromatic heterocycles. The highest BCUT2D eigenvalue weighted by molar-refractivity contribution is 5.79. The first-order chi connectivity index (χ1) is 8.93. The average Bonchev–Trinajstić information content (AvgIpc) is 2.73. The van der Waals surface area contributed by atoms with Gasteiger partial charge >= 0.3 is 0 Å². The minimum absolute atomic E-state index is 0.0588. The molecule has 3 heteroatoms. The predicted octanol–water partition coefficient (Wildman–Crippen LogP) is 2.60. The van der Waals surface area contributed by atoms with Crippen molar-refractivity contribution in [2.75, 3.05) is 19.0 Å². The van der Waals surface area contributed by atoms with E-state index in [-0.39, 0.29) is 11.4 Å². The molecule has 0 saturated carbocycles. The second-order valence-corrected chi connectivity index (χ2v) is 6.10. The first-order valence-electron chi connectivity index (χ1n) is 7.00. The van der Waals surface area contributed by atoms with Crippen molar-refractivity contribution in [1.82, 2.24) is 5.32 Å². The van der Waals surface area contributed by atoms with E-state index < -0.39 is 0 Å². The Bertz CT molecular complexity index is 450. The van der Waals surface area contributed by atoms with E-state index in [1.54, 1.807) is 0 Å². The van der Waals surface area contributed by atoms with Crippen molar-refractivity contribution in [3.05, 3.63) is 29.8 Å². The van der Waals surface area contributed by atoms with Crippen molar-refractivity contribution in [3.8, 4) is 0 Å². The topological polar surface area (TPSA) is 32.3 Å². The Hall–Kier alpha value is -1.51. The van der Waals surface area contributed by atoms with Crippen molar-refractivity contribution in [2.24, 2.45) is 5.92 Å². The van der Waals surface area contributed by atoms with Gasteiger partial charge in [-0.1, -0.05) is 26.0 Å². The number of hydrogen-bond donors (Lipinski definition) is 1. The molecule has 2 rings (SSSR count). The van der Waals surface area contributed by atoms with E-state index in [9.17, 15) is 4.79 Å². The Kier molecular flexibility index (Phi) is 3.83. The van der Waals surface area contributed by atoms with Crippen LogP contribution in [0.3, 0.4) is 0 Å². The van der Waals surface area contributed by atoms with E-state index in [0.717, 1.165) is 12.8 Å². The van der Waals surface area contributed by atoms with Crippen LogP contribution in [0.5, 0.6) is 0 Å². The zero-order valence-electron chi connectivity index (χ0n) is 12.4. The molecule has 1 amide bonds. The standard InChI is InChI=1S/C16H24N2O/c1-12(2)16(10-9-15(19)17-16)11-13-5-7-14(8-6-13)18(3)4/h5-8,12H,9-11H2,1-4H3,(H,17,19). The number of benzene rings is 1. The molecule has 19 heavy (non-hydrogen) atoms. The Labute approximate surface area is 116 Å². The first kappa shape index (κ1) is 13.9. The smallest absolute Gasteiger partial charge is 0.220 e. The van der Waals surface area contributed by atoms with Gasteiger partial charge in [-0.2, -0.15) is 0 Å². The lowest BCUT2D eigenvalue weighted by atomic mass is 9.80. The summed E-state index contributed by atoms with van der Waals surface area (Å²) >= 11 is 0. The van der Waals surface area contributed by atoms with E-state index in [0.29, 0.717) is 12.3 Å². The number of nitrogens with zero attached hydrogens (tertiary/aromatic N) is 1. The van der Waals surface area contributed by atoms with Gasteiger partial charge in [-0.05, 0) is 36.5 Å². The third-order valence-corrected chi connectivity index (χ3v) is 4.26. The molecule has 1 aliphatic heterocycles. The van der Waals surface area contributed by atoms with Gasteiger partial charge in [0.05, 0.1) is 0 Å². The fourth-order valence-electron chi connectivity index (χ4n) is 2.79. The fourth-order valence-corrected chi connectivity index (χ4v) is 2.79. The SMILES string of the molecule is CC(C)C1(Cc2ccc(N(C)C)cc2)CCC(=O)N1. The van der Waals surface area contributed by atoms with E-state index in [4.69, 9.17) is 0 Å². The van der Waals surface area contributed by atoms with E-state index in [1.807, 2.05) is 14.1 Å². The summed E-state index contributed by atoms with van der Waals surface area (Å²) in [4.78, 5) is 13.7. The van der Waals surface area contributed by atoms with Crippen LogP contribution in [0.1, 0.15) is 32.3 Å². The molecule has 0 spiro atoms. The largest absolute Gasteiger partial charge is 0.378 e. The number of carbonyl (C=O) groups excluding carboxylic acids is 1. The third-order valence-electron chi connectivity index (χ3n) is 4.26. The van der Waals surface area contributed by atoms with Crippen molar-refractivity contribution in [3.63, 3.8) is 0 Å². The molecule has 1 unspecified atom stereocenters. The average molecular weight is 260 g/mol. The number of hydrogen-bond acceptors (Lipinski definition) is 2. The van der Waals surface area contributed by atoms with Crippen molar-refractivity contribution in [1.29, 1.82) is 0 Å². The lowest BCUT2D eigenvalue weighted by Gasteiger charge is -2.33. The molecular formula is C16H24N2O. The molecular weight excluding hydrogens is 236 g/mol. The first-order valence-corrected chi connectivity index (χ1v) is 7.00. The van der Waals surface area contributed by atoms with Crippen LogP contribution in [0.15, 0.2) is 24.3 Å². The van der Waals surface area contributed by atoms with Crippen LogP contribution in [-0.4, -0.2) is 25.5 Å². The molecule has 0 radical (unpaired) electrons. The molecule has 1 saturated heterocycles. The number of amides is 1. The quantitative estimate of drug-likeness (QED) is 0.902. The van der Waals surface area contributed by atoms with Gasteiger partial charge < -0.3 is 10.2 Å². The van der Waals surface area contributed by atoms with Crippen molar-refractivity contribution < 1.29 is 4.79 Å². The number of anilines is 1. The molecule has 1 atom stereocenters. The van der Waals surface area contributed by atoms with Crippen LogP contribution in [0.4, 0.5) is 5.69 Å². The van der Waals surface area contributed by atoms with Crippen LogP contribution in [0.25, 0.3) is 0 Å². The molecule has 1 heterocycles. The summed E-state index contributed by atoms with van der Waals surface area (Å²) in [5.41, 5.74) is 2.44. The molecule has 1 aromatic carbocycles. The summed E-state index contributed by atoms with van der Waals surface area (Å²) in [6.07, 6.45) is 2.52. The van der Waals surface area contributed by atoms with Crippen LogP contribution >= 0.6 is 0 Å². The highest BCUT2D eigenvalue weighted by Gasteiger charge is 2.40. The van der Waals surface area contributed by atoms with Gasteiger partial charge in [0.25, 0.3) is 0 Å². The lowest BCUT2D eigenvalue weighted by molar-refractivity contribution is -0.120. The Morgan fingerprint density at radius 3 is 2.32 bits per heavy atom. The predicted molar refractivity (Wildman–Crippen MR) is 79.4 cm³/mol. The zero-order valence-corrected chi connectivity index (χ0v) is 12.4. The molecule has 104 valence electrons. The van der Waals surface area contributed by atoms with Crippen molar-refractivity contribution in [2.45, 2.75) is 38.6 Å². The van der Waals surface area contributed by atoms with Gasteiger partial charge in [0, 0.05) is 31.7 Å². The van der Waals surface area contributed by atoms with Gasteiger partial charge in [-0.25, -0.2) is 0 Å². The Balaban J connectivity index is 2.16. The maximum atomic E-state index is 11.6. The van der Waals surface area contributed by atoms with Gasteiger partial charge in [-0.15, -0.1) is 0 Å². The maximum Gasteiger partial charge on any atom is 0.220 e. The second kappa shape index (κ2) is 5.24. The van der Waals surface area contributed by atoms with E-state index in [1.165, 1.54) is 11.3 Å². The summed E-state index contributed by atoms with van der Waals surface area (Å²) in [6, 6.07) is 8.62. The van der Waals surface area contributed by atoms with Crippen LogP contribution < -0.4 is 10.2 Å². The maximum absolute atomic E-state index is 11.6. The summed E-state index contributed by atoms with van der Waals surface area (Å²) < 4.78 is 0. The van der Waals surface area contributed by atoms with Crippen LogP contribution in [0, 0.1) is 5.92 Å². The second-order valence-electron chi connectivity index (χ2n) is 6.10. The molecule has 1 fully saturated rings. The van der Waals surface area contributed by atoms with Crippen LogP contribution in [0.2, 0.25) is 0 Å².